The van der Waals surface area contributed by atoms with Gasteiger partial charge in [-0.3, -0.25) is 4.79 Å². The maximum Gasteiger partial charge on any atom is 0.162 e. The van der Waals surface area contributed by atoms with E-state index in [2.05, 4.69) is 0 Å². The third-order valence-electron chi connectivity index (χ3n) is 2.96. The molecule has 0 radical (unpaired) electrons. The van der Waals surface area contributed by atoms with Crippen LogP contribution >= 0.6 is 11.6 Å². The predicted octanol–water partition coefficient (Wildman–Crippen LogP) is 3.79. The fourth-order valence-electron chi connectivity index (χ4n) is 1.86. The van der Waals surface area contributed by atoms with Crippen LogP contribution in [0, 0.1) is 5.82 Å². The Labute approximate surface area is 126 Å². The number of hydrogen-bond acceptors (Lipinski definition) is 3. The van der Waals surface area contributed by atoms with Gasteiger partial charge in [0.05, 0.1) is 5.56 Å². The molecule has 3 nitrogen and oxygen atoms in total. The Balaban J connectivity index is 2.03. The molecule has 0 amide bonds. The predicted molar refractivity (Wildman–Crippen MR) is 78.3 cm³/mol. The summed E-state index contributed by atoms with van der Waals surface area (Å²) in [7, 11) is 0. The molecule has 0 aliphatic carbocycles. The van der Waals surface area contributed by atoms with E-state index >= 15 is 0 Å². The van der Waals surface area contributed by atoms with Gasteiger partial charge in [-0.15, -0.1) is 0 Å². The molecule has 2 aromatic carbocycles. The Morgan fingerprint density at radius 1 is 1.33 bits per heavy atom. The largest absolute Gasteiger partial charge is 0.490 e. The zero-order valence-corrected chi connectivity index (χ0v) is 12.1. The summed E-state index contributed by atoms with van der Waals surface area (Å²) in [4.78, 5) is 11.1. The molecule has 1 N–H and O–H groups in total. The normalized spacial score (nSPS) is 12.0. The number of aliphatic hydroxyl groups is 1. The first-order chi connectivity index (χ1) is 9.97. The van der Waals surface area contributed by atoms with Crippen LogP contribution in [0.25, 0.3) is 0 Å². The van der Waals surface area contributed by atoms with E-state index in [-0.39, 0.29) is 23.7 Å². The van der Waals surface area contributed by atoms with Crippen LogP contribution in [0.3, 0.4) is 0 Å². The van der Waals surface area contributed by atoms with Gasteiger partial charge in [0, 0.05) is 11.1 Å². The van der Waals surface area contributed by atoms with Crippen molar-refractivity contribution in [2.75, 3.05) is 6.61 Å². The Bertz CT molecular complexity index is 658. The average molecular weight is 309 g/mol. The summed E-state index contributed by atoms with van der Waals surface area (Å²) in [5.41, 5.74) is 0.626. The van der Waals surface area contributed by atoms with E-state index in [1.165, 1.54) is 19.1 Å². The molecule has 1 atom stereocenters. The van der Waals surface area contributed by atoms with Crippen molar-refractivity contribution >= 4 is 17.4 Å². The van der Waals surface area contributed by atoms with Crippen molar-refractivity contribution in [3.8, 4) is 5.75 Å². The number of ketones is 1. The Kier molecular flexibility index (Phi) is 4.94. The van der Waals surface area contributed by atoms with Crippen LogP contribution in [-0.2, 0) is 0 Å². The highest BCUT2D eigenvalue weighted by atomic mass is 35.5. The van der Waals surface area contributed by atoms with Crippen molar-refractivity contribution in [3.05, 3.63) is 64.4 Å². The fourth-order valence-corrected chi connectivity index (χ4v) is 2.06. The van der Waals surface area contributed by atoms with Crippen molar-refractivity contribution in [3.63, 3.8) is 0 Å². The van der Waals surface area contributed by atoms with Crippen molar-refractivity contribution < 1.29 is 19.0 Å². The molecular formula is C16H14ClFO3. The third-order valence-corrected chi connectivity index (χ3v) is 3.20. The number of hydrogen-bond donors (Lipinski definition) is 1. The molecule has 110 valence electrons. The monoisotopic (exact) mass is 308 g/mol. The summed E-state index contributed by atoms with van der Waals surface area (Å²) < 4.78 is 19.0. The fraction of sp³-hybridized carbons (Fsp3) is 0.188. The van der Waals surface area contributed by atoms with Crippen molar-refractivity contribution in [1.29, 1.82) is 0 Å². The van der Waals surface area contributed by atoms with Gasteiger partial charge in [-0.25, -0.2) is 4.39 Å². The number of aliphatic hydroxyl groups excluding tert-OH is 1. The highest BCUT2D eigenvalue weighted by Crippen LogP contribution is 2.21. The SMILES string of the molecule is CC(=O)c1ccc(OCC(O)c2cccc(Cl)c2)cc1F. The first-order valence-electron chi connectivity index (χ1n) is 6.34. The van der Waals surface area contributed by atoms with E-state index < -0.39 is 11.9 Å². The zero-order valence-electron chi connectivity index (χ0n) is 11.3. The molecule has 21 heavy (non-hydrogen) atoms. The first kappa shape index (κ1) is 15.5. The summed E-state index contributed by atoms with van der Waals surface area (Å²) in [6.07, 6.45) is -0.876. The highest BCUT2D eigenvalue weighted by molar-refractivity contribution is 6.30. The number of Topliss-reactive ketones (excluding diaryl/α,β-unsaturated/α-hetero) is 1. The maximum absolute atomic E-state index is 13.6. The van der Waals surface area contributed by atoms with Gasteiger partial charge >= 0.3 is 0 Å². The number of halogens is 2. The van der Waals surface area contributed by atoms with Gasteiger partial charge in [0.15, 0.2) is 5.78 Å². The standard InChI is InChI=1S/C16H14ClFO3/c1-10(19)14-6-5-13(8-15(14)18)21-9-16(20)11-3-2-4-12(17)7-11/h2-8,16,20H,9H2,1H3. The molecule has 0 spiro atoms. The second-order valence-electron chi connectivity index (χ2n) is 4.58. The van der Waals surface area contributed by atoms with Gasteiger partial charge in [-0.05, 0) is 36.8 Å². The summed E-state index contributed by atoms with van der Waals surface area (Å²) in [5, 5.41) is 10.5. The van der Waals surface area contributed by atoms with E-state index in [0.717, 1.165) is 6.07 Å². The third kappa shape index (κ3) is 4.03. The van der Waals surface area contributed by atoms with E-state index in [0.29, 0.717) is 10.6 Å². The topological polar surface area (TPSA) is 46.5 Å². The van der Waals surface area contributed by atoms with Crippen molar-refractivity contribution in [1.82, 2.24) is 0 Å². The van der Waals surface area contributed by atoms with Crippen LogP contribution in [0.15, 0.2) is 42.5 Å². The van der Waals surface area contributed by atoms with Crippen LogP contribution in [0.2, 0.25) is 5.02 Å². The molecule has 0 bridgehead atoms. The Morgan fingerprint density at radius 3 is 2.71 bits per heavy atom. The molecule has 0 saturated heterocycles. The molecule has 0 aliphatic rings. The molecule has 1 unspecified atom stereocenters. The second kappa shape index (κ2) is 6.70. The number of carbonyl (C=O) groups is 1. The minimum atomic E-state index is -0.876. The number of benzene rings is 2. The van der Waals surface area contributed by atoms with Gasteiger partial charge in [0.1, 0.15) is 24.3 Å². The molecule has 2 rings (SSSR count). The second-order valence-corrected chi connectivity index (χ2v) is 5.02. The Hall–Kier alpha value is -1.91. The van der Waals surface area contributed by atoms with E-state index in [9.17, 15) is 14.3 Å². The number of rotatable bonds is 5. The van der Waals surface area contributed by atoms with Crippen LogP contribution in [0.1, 0.15) is 28.9 Å². The lowest BCUT2D eigenvalue weighted by atomic mass is 10.1. The zero-order chi connectivity index (χ0) is 15.4. The van der Waals surface area contributed by atoms with Crippen LogP contribution < -0.4 is 4.74 Å². The van der Waals surface area contributed by atoms with Crippen LogP contribution in [0.5, 0.6) is 5.75 Å². The lowest BCUT2D eigenvalue weighted by Gasteiger charge is -2.13. The Morgan fingerprint density at radius 2 is 2.10 bits per heavy atom. The lowest BCUT2D eigenvalue weighted by molar-refractivity contribution is 0.101. The van der Waals surface area contributed by atoms with E-state index in [1.807, 2.05) is 0 Å². The molecular weight excluding hydrogens is 295 g/mol. The van der Waals surface area contributed by atoms with Crippen LogP contribution in [0.4, 0.5) is 4.39 Å². The highest BCUT2D eigenvalue weighted by Gasteiger charge is 2.11. The van der Waals surface area contributed by atoms with Gasteiger partial charge < -0.3 is 9.84 Å². The van der Waals surface area contributed by atoms with E-state index in [4.69, 9.17) is 16.3 Å². The van der Waals surface area contributed by atoms with E-state index in [1.54, 1.807) is 24.3 Å². The molecule has 2 aromatic rings. The van der Waals surface area contributed by atoms with Gasteiger partial charge in [0.25, 0.3) is 0 Å². The minimum absolute atomic E-state index is 0.0118. The molecule has 5 heteroatoms. The molecule has 0 aliphatic heterocycles. The van der Waals surface area contributed by atoms with Gasteiger partial charge in [-0.2, -0.15) is 0 Å². The summed E-state index contributed by atoms with van der Waals surface area (Å²) in [5.74, 6) is -0.742. The molecule has 0 heterocycles. The summed E-state index contributed by atoms with van der Waals surface area (Å²) in [6.45, 7) is 1.25. The van der Waals surface area contributed by atoms with Gasteiger partial charge in [-0.1, -0.05) is 23.7 Å². The first-order valence-corrected chi connectivity index (χ1v) is 6.72. The number of ether oxygens (including phenoxy) is 1. The number of carbonyl (C=O) groups excluding carboxylic acids is 1. The van der Waals surface area contributed by atoms with Crippen molar-refractivity contribution in [2.24, 2.45) is 0 Å². The average Bonchev–Trinajstić information content (AvgIpc) is 2.44. The molecule has 0 saturated carbocycles. The molecule has 0 aromatic heterocycles. The minimum Gasteiger partial charge on any atom is -0.490 e. The smallest absolute Gasteiger partial charge is 0.162 e. The van der Waals surface area contributed by atoms with Crippen LogP contribution in [-0.4, -0.2) is 17.5 Å². The summed E-state index contributed by atoms with van der Waals surface area (Å²) in [6, 6.07) is 10.8. The molecule has 0 fully saturated rings. The lowest BCUT2D eigenvalue weighted by Crippen LogP contribution is -2.10. The van der Waals surface area contributed by atoms with Crippen molar-refractivity contribution in [2.45, 2.75) is 13.0 Å². The maximum atomic E-state index is 13.6. The van der Waals surface area contributed by atoms with Gasteiger partial charge in [0.2, 0.25) is 0 Å². The quantitative estimate of drug-likeness (QED) is 0.855. The summed E-state index contributed by atoms with van der Waals surface area (Å²) >= 11 is 5.84.